The van der Waals surface area contributed by atoms with E-state index in [1.165, 1.54) is 17.4 Å². The number of hydrogen-bond donors (Lipinski definition) is 1. The van der Waals surface area contributed by atoms with Crippen molar-refractivity contribution in [2.45, 2.75) is 13.8 Å². The topological polar surface area (TPSA) is 58.6 Å². The summed E-state index contributed by atoms with van der Waals surface area (Å²) in [6, 6.07) is 1.53. The highest BCUT2D eigenvalue weighted by Gasteiger charge is 2.10. The molecular formula is C13H11N3OS2. The van der Waals surface area contributed by atoms with Gasteiger partial charge in [0.25, 0.3) is 5.56 Å². The smallest absolute Gasteiger partial charge is 0.251 e. The van der Waals surface area contributed by atoms with Crippen LogP contribution in [0.2, 0.25) is 0 Å². The standard InChI is InChI=1S/C13H11N3OS2/c1-7-4-18-6-9(7)10-3-11(17)16-12(15-10)13-14-8(2)5-19-13/h3-6H,1-2H3,(H,15,16,17). The fourth-order valence-electron chi connectivity index (χ4n) is 1.78. The average molecular weight is 289 g/mol. The van der Waals surface area contributed by atoms with E-state index in [0.717, 1.165) is 21.8 Å². The highest BCUT2D eigenvalue weighted by Crippen LogP contribution is 2.26. The van der Waals surface area contributed by atoms with Gasteiger partial charge in [0.05, 0.1) is 5.69 Å². The van der Waals surface area contributed by atoms with Gasteiger partial charge in [0.2, 0.25) is 0 Å². The largest absolute Gasteiger partial charge is 0.304 e. The van der Waals surface area contributed by atoms with Gasteiger partial charge in [-0.15, -0.1) is 11.3 Å². The number of nitrogens with zero attached hydrogens (tertiary/aromatic N) is 2. The molecule has 3 rings (SSSR count). The summed E-state index contributed by atoms with van der Waals surface area (Å²) in [5, 5.41) is 6.74. The van der Waals surface area contributed by atoms with E-state index in [4.69, 9.17) is 0 Å². The summed E-state index contributed by atoms with van der Waals surface area (Å²) in [5.41, 5.74) is 3.61. The molecule has 0 saturated carbocycles. The Morgan fingerprint density at radius 3 is 2.63 bits per heavy atom. The monoisotopic (exact) mass is 289 g/mol. The number of thiophene rings is 1. The Kier molecular flexibility index (Phi) is 3.04. The molecule has 0 aliphatic carbocycles. The number of aromatic amines is 1. The number of aryl methyl sites for hydroxylation is 2. The lowest BCUT2D eigenvalue weighted by molar-refractivity contribution is 1.11. The van der Waals surface area contributed by atoms with Crippen LogP contribution in [0, 0.1) is 13.8 Å². The summed E-state index contributed by atoms with van der Waals surface area (Å²) in [6.45, 7) is 3.94. The van der Waals surface area contributed by atoms with Crippen LogP contribution < -0.4 is 5.56 Å². The number of hydrogen-bond acceptors (Lipinski definition) is 5. The van der Waals surface area contributed by atoms with Crippen LogP contribution in [-0.4, -0.2) is 15.0 Å². The summed E-state index contributed by atoms with van der Waals surface area (Å²) in [4.78, 5) is 23.4. The average Bonchev–Trinajstić information content (AvgIpc) is 2.97. The predicted octanol–water partition coefficient (Wildman–Crippen LogP) is 3.24. The molecule has 0 atom stereocenters. The molecule has 3 aromatic rings. The zero-order chi connectivity index (χ0) is 13.4. The molecule has 0 aromatic carbocycles. The number of rotatable bonds is 2. The molecule has 0 unspecified atom stereocenters. The van der Waals surface area contributed by atoms with E-state index in [2.05, 4.69) is 15.0 Å². The lowest BCUT2D eigenvalue weighted by Crippen LogP contribution is -2.08. The van der Waals surface area contributed by atoms with Gasteiger partial charge in [-0.05, 0) is 24.8 Å². The first-order chi connectivity index (χ1) is 9.13. The van der Waals surface area contributed by atoms with Crippen molar-refractivity contribution >= 4 is 22.7 Å². The van der Waals surface area contributed by atoms with Gasteiger partial charge in [0.1, 0.15) is 0 Å². The van der Waals surface area contributed by atoms with Gasteiger partial charge in [-0.3, -0.25) is 4.79 Å². The van der Waals surface area contributed by atoms with Gasteiger partial charge in [0, 0.05) is 28.1 Å². The molecule has 0 spiro atoms. The van der Waals surface area contributed by atoms with E-state index in [0.29, 0.717) is 11.5 Å². The number of nitrogens with one attached hydrogen (secondary N) is 1. The molecule has 0 radical (unpaired) electrons. The first-order valence-corrected chi connectivity index (χ1v) is 7.53. The summed E-state index contributed by atoms with van der Waals surface area (Å²) in [7, 11) is 0. The van der Waals surface area contributed by atoms with Gasteiger partial charge in [-0.25, -0.2) is 9.97 Å². The molecule has 0 saturated heterocycles. The second-order valence-electron chi connectivity index (χ2n) is 4.24. The van der Waals surface area contributed by atoms with Crippen LogP contribution in [0.3, 0.4) is 0 Å². The van der Waals surface area contributed by atoms with E-state index >= 15 is 0 Å². The van der Waals surface area contributed by atoms with Crippen molar-refractivity contribution in [1.29, 1.82) is 0 Å². The molecule has 3 aromatic heterocycles. The van der Waals surface area contributed by atoms with E-state index in [-0.39, 0.29) is 5.56 Å². The van der Waals surface area contributed by atoms with Gasteiger partial charge >= 0.3 is 0 Å². The Bertz CT molecular complexity index is 785. The summed E-state index contributed by atoms with van der Waals surface area (Å²) in [5.74, 6) is 0.534. The van der Waals surface area contributed by atoms with E-state index in [1.54, 1.807) is 11.3 Å². The Hall–Kier alpha value is -1.79. The summed E-state index contributed by atoms with van der Waals surface area (Å²) in [6.07, 6.45) is 0. The molecule has 96 valence electrons. The van der Waals surface area contributed by atoms with Crippen molar-refractivity contribution in [3.8, 4) is 22.1 Å². The molecule has 0 aliphatic rings. The first-order valence-electron chi connectivity index (χ1n) is 5.70. The summed E-state index contributed by atoms with van der Waals surface area (Å²) < 4.78 is 0. The van der Waals surface area contributed by atoms with Gasteiger partial charge in [-0.2, -0.15) is 11.3 Å². The molecule has 19 heavy (non-hydrogen) atoms. The maximum absolute atomic E-state index is 11.8. The van der Waals surface area contributed by atoms with Crippen molar-refractivity contribution in [3.05, 3.63) is 43.8 Å². The highest BCUT2D eigenvalue weighted by molar-refractivity contribution is 7.13. The molecule has 0 amide bonds. The van der Waals surface area contributed by atoms with E-state index in [9.17, 15) is 4.79 Å². The van der Waals surface area contributed by atoms with Crippen molar-refractivity contribution in [3.63, 3.8) is 0 Å². The highest BCUT2D eigenvalue weighted by atomic mass is 32.1. The second-order valence-corrected chi connectivity index (χ2v) is 5.84. The Morgan fingerprint density at radius 2 is 2.00 bits per heavy atom. The lowest BCUT2D eigenvalue weighted by atomic mass is 10.1. The number of aromatic nitrogens is 3. The van der Waals surface area contributed by atoms with Crippen LogP contribution >= 0.6 is 22.7 Å². The van der Waals surface area contributed by atoms with Gasteiger partial charge in [-0.1, -0.05) is 0 Å². The molecule has 0 bridgehead atoms. The van der Waals surface area contributed by atoms with Gasteiger partial charge in [0.15, 0.2) is 10.8 Å². The maximum Gasteiger partial charge on any atom is 0.251 e. The van der Waals surface area contributed by atoms with Crippen LogP contribution in [0.25, 0.3) is 22.1 Å². The fourth-order valence-corrected chi connectivity index (χ4v) is 3.36. The molecule has 1 N–H and O–H groups in total. The molecule has 0 aliphatic heterocycles. The van der Waals surface area contributed by atoms with E-state index < -0.39 is 0 Å². The van der Waals surface area contributed by atoms with Crippen molar-refractivity contribution in [2.75, 3.05) is 0 Å². The Morgan fingerprint density at radius 1 is 1.16 bits per heavy atom. The molecule has 0 fully saturated rings. The molecule has 4 nitrogen and oxygen atoms in total. The minimum atomic E-state index is -0.154. The van der Waals surface area contributed by atoms with Crippen LogP contribution in [0.1, 0.15) is 11.3 Å². The SMILES string of the molecule is Cc1csc(-c2nc(-c3cscc3C)cc(=O)[nH]2)n1. The molecular weight excluding hydrogens is 278 g/mol. The Balaban J connectivity index is 2.16. The predicted molar refractivity (Wildman–Crippen MR) is 78.8 cm³/mol. The van der Waals surface area contributed by atoms with Crippen LogP contribution in [-0.2, 0) is 0 Å². The second kappa shape index (κ2) is 4.71. The third-order valence-corrected chi connectivity index (χ3v) is 4.52. The van der Waals surface area contributed by atoms with Crippen LogP contribution in [0.5, 0.6) is 0 Å². The minimum Gasteiger partial charge on any atom is -0.304 e. The minimum absolute atomic E-state index is 0.154. The zero-order valence-corrected chi connectivity index (χ0v) is 12.1. The first kappa shape index (κ1) is 12.3. The van der Waals surface area contributed by atoms with Crippen LogP contribution in [0.4, 0.5) is 0 Å². The third-order valence-electron chi connectivity index (χ3n) is 2.69. The third kappa shape index (κ3) is 2.36. The molecule has 3 heterocycles. The van der Waals surface area contributed by atoms with Crippen molar-refractivity contribution < 1.29 is 0 Å². The number of thiazole rings is 1. The fraction of sp³-hybridized carbons (Fsp3) is 0.154. The normalized spacial score (nSPS) is 10.8. The van der Waals surface area contributed by atoms with Crippen molar-refractivity contribution in [1.82, 2.24) is 15.0 Å². The summed E-state index contributed by atoms with van der Waals surface area (Å²) >= 11 is 3.09. The quantitative estimate of drug-likeness (QED) is 0.788. The van der Waals surface area contributed by atoms with Crippen molar-refractivity contribution in [2.24, 2.45) is 0 Å². The Labute approximate surface area is 117 Å². The maximum atomic E-state index is 11.8. The lowest BCUT2D eigenvalue weighted by Gasteiger charge is -2.01. The number of H-pyrrole nitrogens is 1. The van der Waals surface area contributed by atoms with E-state index in [1.807, 2.05) is 30.0 Å². The zero-order valence-electron chi connectivity index (χ0n) is 10.4. The van der Waals surface area contributed by atoms with Crippen LogP contribution in [0.15, 0.2) is 27.0 Å². The van der Waals surface area contributed by atoms with Gasteiger partial charge < -0.3 is 4.98 Å². The molecule has 6 heteroatoms.